The summed E-state index contributed by atoms with van der Waals surface area (Å²) in [5, 5.41) is 8.82. The molecule has 3 aromatic heterocycles. The van der Waals surface area contributed by atoms with Crippen molar-refractivity contribution in [1.29, 1.82) is 0 Å². The number of hydrogen-bond acceptors (Lipinski definition) is 6. The highest BCUT2D eigenvalue weighted by molar-refractivity contribution is 6.31. The van der Waals surface area contributed by atoms with Crippen LogP contribution in [0.2, 0.25) is 10.0 Å². The van der Waals surface area contributed by atoms with Gasteiger partial charge in [-0.25, -0.2) is 9.37 Å². The minimum absolute atomic E-state index is 0.0272. The molecule has 1 aliphatic carbocycles. The third kappa shape index (κ3) is 6.25. The Labute approximate surface area is 264 Å². The molecule has 0 spiro atoms. The van der Waals surface area contributed by atoms with Crippen LogP contribution in [0.1, 0.15) is 60.9 Å². The third-order valence-electron chi connectivity index (χ3n) is 7.99. The van der Waals surface area contributed by atoms with Crippen LogP contribution in [0.4, 0.5) is 4.39 Å². The van der Waals surface area contributed by atoms with E-state index >= 15 is 0 Å². The van der Waals surface area contributed by atoms with Crippen LogP contribution >= 0.6 is 23.2 Å². The minimum Gasteiger partial charge on any atom is -0.420 e. The average molecular weight is 634 g/mol. The molecule has 1 amide bonds. The molecular weight excluding hydrogens is 602 g/mol. The zero-order valence-electron chi connectivity index (χ0n) is 24.4. The minimum atomic E-state index is -0.533. The summed E-state index contributed by atoms with van der Waals surface area (Å²) in [6.07, 6.45) is 8.78. The van der Waals surface area contributed by atoms with Crippen molar-refractivity contribution in [3.8, 4) is 28.5 Å². The van der Waals surface area contributed by atoms with Crippen LogP contribution in [0.5, 0.6) is 0 Å². The lowest BCUT2D eigenvalue weighted by molar-refractivity contribution is -0.129. The highest BCUT2D eigenvalue weighted by Crippen LogP contribution is 2.42. The van der Waals surface area contributed by atoms with Crippen molar-refractivity contribution in [3.05, 3.63) is 99.6 Å². The van der Waals surface area contributed by atoms with Crippen molar-refractivity contribution < 1.29 is 13.6 Å². The second-order valence-corrected chi connectivity index (χ2v) is 12.0. The fourth-order valence-electron chi connectivity index (χ4n) is 5.81. The van der Waals surface area contributed by atoms with Crippen LogP contribution in [0.25, 0.3) is 28.5 Å². The van der Waals surface area contributed by atoms with Crippen molar-refractivity contribution in [2.75, 3.05) is 7.05 Å². The third-order valence-corrected chi connectivity index (χ3v) is 8.52. The topological polar surface area (TPSA) is 89.9 Å². The van der Waals surface area contributed by atoms with Crippen molar-refractivity contribution in [2.45, 2.75) is 57.9 Å². The maximum atomic E-state index is 14.4. The highest BCUT2D eigenvalue weighted by atomic mass is 35.5. The largest absolute Gasteiger partial charge is 0.420 e. The zero-order chi connectivity index (χ0) is 30.8. The molecule has 3 heterocycles. The van der Waals surface area contributed by atoms with Crippen molar-refractivity contribution in [2.24, 2.45) is 0 Å². The van der Waals surface area contributed by atoms with Gasteiger partial charge >= 0.3 is 0 Å². The Morgan fingerprint density at radius 3 is 2.61 bits per heavy atom. The van der Waals surface area contributed by atoms with E-state index in [4.69, 9.17) is 32.6 Å². The molecule has 44 heavy (non-hydrogen) atoms. The van der Waals surface area contributed by atoms with Gasteiger partial charge < -0.3 is 9.32 Å². The number of hydrogen-bond donors (Lipinski definition) is 0. The Balaban J connectivity index is 1.53. The van der Waals surface area contributed by atoms with Gasteiger partial charge in [-0.15, -0.1) is 10.2 Å². The number of amides is 1. The van der Waals surface area contributed by atoms with E-state index in [0.717, 1.165) is 49.1 Å². The molecule has 0 N–H and O–H groups in total. The summed E-state index contributed by atoms with van der Waals surface area (Å²) in [7, 11) is 1.78. The molecule has 8 nitrogen and oxygen atoms in total. The molecule has 1 saturated carbocycles. The Kier molecular flexibility index (Phi) is 8.77. The Bertz CT molecular complexity index is 1800. The smallest absolute Gasteiger partial charge is 0.268 e. The lowest BCUT2D eigenvalue weighted by Gasteiger charge is -2.25. The number of rotatable bonds is 8. The van der Waals surface area contributed by atoms with Crippen LogP contribution in [0.3, 0.4) is 0 Å². The Hall–Kier alpha value is -4.08. The summed E-state index contributed by atoms with van der Waals surface area (Å²) < 4.78 is 22.3. The van der Waals surface area contributed by atoms with Gasteiger partial charge in [-0.2, -0.15) is 0 Å². The molecule has 0 bridgehead atoms. The van der Waals surface area contributed by atoms with E-state index in [1.165, 1.54) is 6.07 Å². The number of pyridine rings is 1. The highest BCUT2D eigenvalue weighted by Gasteiger charge is 2.31. The number of benzene rings is 2. The van der Waals surface area contributed by atoms with Crippen molar-refractivity contribution in [3.63, 3.8) is 0 Å². The number of halogens is 3. The van der Waals surface area contributed by atoms with Crippen molar-refractivity contribution >= 4 is 29.1 Å². The maximum absolute atomic E-state index is 14.4. The quantitative estimate of drug-likeness (QED) is 0.172. The van der Waals surface area contributed by atoms with Crippen LogP contribution in [0, 0.1) is 12.7 Å². The first kappa shape index (κ1) is 30.0. The molecule has 5 aromatic rings. The predicted molar refractivity (Wildman–Crippen MR) is 167 cm³/mol. The van der Waals surface area contributed by atoms with Gasteiger partial charge in [0.05, 0.1) is 22.8 Å². The molecule has 1 fully saturated rings. The van der Waals surface area contributed by atoms with Gasteiger partial charge in [0.1, 0.15) is 11.6 Å². The number of nitrogens with zero attached hydrogens (tertiary/aromatic N) is 6. The van der Waals surface area contributed by atoms with Crippen molar-refractivity contribution in [1.82, 2.24) is 29.6 Å². The summed E-state index contributed by atoms with van der Waals surface area (Å²) in [5.41, 5.74) is 4.07. The first-order valence-corrected chi connectivity index (χ1v) is 15.3. The fourth-order valence-corrected chi connectivity index (χ4v) is 6.16. The Morgan fingerprint density at radius 1 is 1.09 bits per heavy atom. The molecule has 2 aromatic carbocycles. The fraction of sp³-hybridized carbons (Fsp3) is 0.303. The van der Waals surface area contributed by atoms with E-state index in [-0.39, 0.29) is 29.2 Å². The first-order valence-electron chi connectivity index (χ1n) is 14.6. The second kappa shape index (κ2) is 12.9. The maximum Gasteiger partial charge on any atom is 0.268 e. The molecule has 11 heteroatoms. The van der Waals surface area contributed by atoms with Gasteiger partial charge in [0.15, 0.2) is 5.69 Å². The lowest BCUT2D eigenvalue weighted by atomic mass is 9.88. The first-order chi connectivity index (χ1) is 21.3. The summed E-state index contributed by atoms with van der Waals surface area (Å²) in [6, 6.07) is 13.8. The molecule has 0 aliphatic heterocycles. The zero-order valence-corrected chi connectivity index (χ0v) is 25.9. The van der Waals surface area contributed by atoms with Gasteiger partial charge in [-0.3, -0.25) is 14.3 Å². The molecule has 1 aliphatic rings. The number of aryl methyl sites for hydroxylation is 1. The summed E-state index contributed by atoms with van der Waals surface area (Å²) >= 11 is 13.0. The molecule has 0 saturated heterocycles. The monoisotopic (exact) mass is 632 g/mol. The van der Waals surface area contributed by atoms with Crippen LogP contribution in [0.15, 0.2) is 65.3 Å². The predicted octanol–water partition coefficient (Wildman–Crippen LogP) is 7.99. The van der Waals surface area contributed by atoms with Gasteiger partial charge in [0.2, 0.25) is 11.8 Å². The van der Waals surface area contributed by atoms with E-state index in [1.54, 1.807) is 49.5 Å². The van der Waals surface area contributed by atoms with Gasteiger partial charge in [0.25, 0.3) is 5.89 Å². The molecular formula is C33H31Cl2FN6O2. The average Bonchev–Trinajstić information content (AvgIpc) is 3.64. The lowest BCUT2D eigenvalue weighted by Crippen LogP contribution is -2.28. The van der Waals surface area contributed by atoms with E-state index < -0.39 is 5.82 Å². The number of carbonyl (C=O) groups is 1. The number of carbonyl (C=O) groups excluding carboxylic acids is 1. The standard InChI is InChI=1S/C33H31Cl2FN6O2/c1-20-39-40-33(44-20)30-31(24-11-13-27(36)26(35)15-24)42(32(38-30)22-8-4-3-5-9-22)28-17-25(34)12-10-23(28)16-29(43)41(2)19-21-7-6-14-37-18-21/h6-7,10-15,17-18,22H,3-5,8-9,16,19H2,1-2H3. The van der Waals surface area contributed by atoms with E-state index in [1.807, 2.05) is 28.8 Å². The van der Waals surface area contributed by atoms with E-state index in [9.17, 15) is 9.18 Å². The Morgan fingerprint density at radius 2 is 1.91 bits per heavy atom. The van der Waals surface area contributed by atoms with Crippen LogP contribution < -0.4 is 0 Å². The molecule has 6 rings (SSSR count). The SMILES string of the molecule is Cc1nnc(-c2nc(C3CCCCC3)n(-c3cc(Cl)ccc3CC(=O)N(C)Cc3cccnc3)c2-c2ccc(F)c(Cl)c2)o1. The summed E-state index contributed by atoms with van der Waals surface area (Å²) in [4.78, 5) is 24.6. The van der Waals surface area contributed by atoms with Gasteiger partial charge in [-0.1, -0.05) is 54.6 Å². The van der Waals surface area contributed by atoms with Gasteiger partial charge in [-0.05, 0) is 60.4 Å². The summed E-state index contributed by atoms with van der Waals surface area (Å²) in [5.74, 6) is 0.954. The molecule has 226 valence electrons. The molecule has 0 radical (unpaired) electrons. The van der Waals surface area contributed by atoms with Crippen LogP contribution in [-0.4, -0.2) is 42.6 Å². The van der Waals surface area contributed by atoms with Crippen LogP contribution in [-0.2, 0) is 17.8 Å². The summed E-state index contributed by atoms with van der Waals surface area (Å²) in [6.45, 7) is 2.14. The second-order valence-electron chi connectivity index (χ2n) is 11.2. The number of likely N-dealkylation sites (N-methyl/N-ethyl adjacent to an activating group) is 1. The number of aromatic nitrogens is 5. The van der Waals surface area contributed by atoms with E-state index in [0.29, 0.717) is 40.1 Å². The van der Waals surface area contributed by atoms with Gasteiger partial charge in [0, 0.05) is 49.4 Å². The molecule has 0 atom stereocenters. The molecule has 0 unspecified atom stereocenters. The van der Waals surface area contributed by atoms with E-state index in [2.05, 4.69) is 15.2 Å². The normalized spacial score (nSPS) is 13.8. The number of imidazole rings is 1.